The quantitative estimate of drug-likeness (QED) is 0.438. The normalized spacial score (nSPS) is 21.0. The molecule has 208 valence electrons. The van der Waals surface area contributed by atoms with Crippen LogP contribution in [0.15, 0.2) is 53.8 Å². The Morgan fingerprint density at radius 2 is 1.90 bits per heavy atom. The highest BCUT2D eigenvalue weighted by atomic mass is 32.2. The average Bonchev–Trinajstić information content (AvgIpc) is 2.93. The van der Waals surface area contributed by atoms with E-state index in [2.05, 4.69) is 43.7 Å². The maximum atomic E-state index is 15.2. The van der Waals surface area contributed by atoms with Gasteiger partial charge in [0, 0.05) is 62.1 Å². The lowest BCUT2D eigenvalue weighted by Gasteiger charge is -2.36. The smallest absolute Gasteiger partial charge is 0.231 e. The summed E-state index contributed by atoms with van der Waals surface area (Å²) in [5.74, 6) is -0.0373. The first-order valence-electron chi connectivity index (χ1n) is 13.2. The summed E-state index contributed by atoms with van der Waals surface area (Å²) in [6, 6.07) is 9.71. The molecule has 0 amide bonds. The Hall–Kier alpha value is -3.12. The van der Waals surface area contributed by atoms with Gasteiger partial charge in [0.1, 0.15) is 10.7 Å². The number of nitrogens with zero attached hydrogens (tertiary/aromatic N) is 4. The molecule has 0 spiro atoms. The molecule has 2 saturated heterocycles. The van der Waals surface area contributed by atoms with Gasteiger partial charge in [-0.3, -0.25) is 14.6 Å². The van der Waals surface area contributed by atoms with Crippen LogP contribution in [0.2, 0.25) is 0 Å². The maximum absolute atomic E-state index is 15.2. The van der Waals surface area contributed by atoms with E-state index >= 15 is 4.39 Å². The molecule has 2 fully saturated rings. The van der Waals surface area contributed by atoms with E-state index in [0.29, 0.717) is 53.6 Å². The fraction of sp³-hybridized carbons (Fsp3) is 0.429. The number of ether oxygens (including phenoxy) is 2. The van der Waals surface area contributed by atoms with E-state index in [1.54, 1.807) is 36.8 Å². The summed E-state index contributed by atoms with van der Waals surface area (Å²) in [4.78, 5) is 13.5. The van der Waals surface area contributed by atoms with Crippen LogP contribution in [0.3, 0.4) is 0 Å². The van der Waals surface area contributed by atoms with Gasteiger partial charge in [0.05, 0.1) is 44.1 Å². The second-order valence-corrected chi connectivity index (χ2v) is 11.3. The number of methoxy groups -OCH3 is 1. The Bertz CT molecular complexity index is 1310. The third-order valence-electron chi connectivity index (χ3n) is 6.91. The molecule has 0 saturated carbocycles. The first-order chi connectivity index (χ1) is 18.9. The number of hydrogen-bond donors (Lipinski definition) is 2. The summed E-state index contributed by atoms with van der Waals surface area (Å²) >= 11 is 0. The number of nitrogens with one attached hydrogen (secondary N) is 2. The van der Waals surface area contributed by atoms with Crippen LogP contribution < -0.4 is 19.7 Å². The predicted molar refractivity (Wildman–Crippen MR) is 151 cm³/mol. The summed E-state index contributed by atoms with van der Waals surface area (Å²) in [6.45, 7) is 9.62. The van der Waals surface area contributed by atoms with Gasteiger partial charge >= 0.3 is 0 Å². The van der Waals surface area contributed by atoms with Gasteiger partial charge in [0.15, 0.2) is 11.0 Å². The Balaban J connectivity index is 1.31. The lowest BCUT2D eigenvalue weighted by Crippen LogP contribution is -2.53. The molecule has 5 rings (SSSR count). The van der Waals surface area contributed by atoms with Gasteiger partial charge in [-0.15, -0.1) is 0 Å². The molecule has 9 nitrogen and oxygen atoms in total. The van der Waals surface area contributed by atoms with E-state index in [0.717, 1.165) is 37.4 Å². The Morgan fingerprint density at radius 3 is 2.62 bits per heavy atom. The summed E-state index contributed by atoms with van der Waals surface area (Å²) in [5.41, 5.74) is 3.31. The van der Waals surface area contributed by atoms with E-state index in [-0.39, 0.29) is 11.7 Å². The van der Waals surface area contributed by atoms with Crippen molar-refractivity contribution in [2.45, 2.75) is 37.4 Å². The van der Waals surface area contributed by atoms with Crippen molar-refractivity contribution in [1.29, 1.82) is 0 Å². The molecule has 4 heterocycles. The number of pyridine rings is 2. The van der Waals surface area contributed by atoms with Crippen LogP contribution in [-0.2, 0) is 22.3 Å². The molecule has 2 N–H and O–H groups in total. The van der Waals surface area contributed by atoms with Gasteiger partial charge in [-0.2, -0.15) is 0 Å². The number of piperazine rings is 1. The molecular formula is C28H35FN6O3S. The van der Waals surface area contributed by atoms with Gasteiger partial charge in [-0.1, -0.05) is 12.1 Å². The van der Waals surface area contributed by atoms with Crippen molar-refractivity contribution in [3.05, 3.63) is 60.3 Å². The Kier molecular flexibility index (Phi) is 8.71. The van der Waals surface area contributed by atoms with Crippen molar-refractivity contribution in [2.75, 3.05) is 56.1 Å². The minimum absolute atomic E-state index is 0.275. The first kappa shape index (κ1) is 27.4. The van der Waals surface area contributed by atoms with E-state index in [1.807, 2.05) is 12.1 Å². The van der Waals surface area contributed by atoms with Crippen molar-refractivity contribution in [1.82, 2.24) is 20.2 Å². The van der Waals surface area contributed by atoms with Crippen LogP contribution in [0.5, 0.6) is 5.88 Å². The van der Waals surface area contributed by atoms with Gasteiger partial charge in [-0.05, 0) is 37.6 Å². The van der Waals surface area contributed by atoms with Gasteiger partial charge in [-0.25, -0.2) is 13.6 Å². The van der Waals surface area contributed by atoms with Gasteiger partial charge in [0.2, 0.25) is 5.88 Å². The number of rotatable bonds is 8. The molecule has 0 radical (unpaired) electrons. The van der Waals surface area contributed by atoms with Crippen molar-refractivity contribution in [3.8, 4) is 17.0 Å². The van der Waals surface area contributed by atoms with Crippen LogP contribution in [-0.4, -0.2) is 77.7 Å². The van der Waals surface area contributed by atoms with E-state index in [1.165, 1.54) is 7.11 Å². The molecule has 3 aromatic rings. The second-order valence-electron chi connectivity index (χ2n) is 10.1. The number of anilines is 2. The molecular weight excluding hydrogens is 519 g/mol. The average molecular weight is 555 g/mol. The highest BCUT2D eigenvalue weighted by Gasteiger charge is 2.22. The molecule has 1 aromatic carbocycles. The maximum Gasteiger partial charge on any atom is 0.231 e. The van der Waals surface area contributed by atoms with Gasteiger partial charge < -0.3 is 19.7 Å². The lowest BCUT2D eigenvalue weighted by molar-refractivity contribution is 0.122. The minimum atomic E-state index is -1.68. The standard InChI is InChI=1S/C28H35FN6O3S/c1-19-16-34(17-20(2)32-19)18-21-4-5-25(26(29)10-21)22-11-23(14-30-13-22)33-39(36)27-12-24(15-31-28(27)37-3)35-6-8-38-9-7-35/h4-5,10-15,19-20,32-33H,6-9,16-18H2,1-3H3. The summed E-state index contributed by atoms with van der Waals surface area (Å²) in [6.07, 6.45) is 4.88. The number of morpholine rings is 1. The van der Waals surface area contributed by atoms with Crippen molar-refractivity contribution < 1.29 is 18.1 Å². The predicted octanol–water partition coefficient (Wildman–Crippen LogP) is 3.44. The highest BCUT2D eigenvalue weighted by Crippen LogP contribution is 2.29. The summed E-state index contributed by atoms with van der Waals surface area (Å²) in [7, 11) is -0.189. The third kappa shape index (κ3) is 6.73. The molecule has 3 atom stereocenters. The zero-order chi connectivity index (χ0) is 27.4. The molecule has 0 bridgehead atoms. The second kappa shape index (κ2) is 12.4. The molecule has 0 aliphatic carbocycles. The first-order valence-corrected chi connectivity index (χ1v) is 14.3. The fourth-order valence-electron chi connectivity index (χ4n) is 5.23. The van der Waals surface area contributed by atoms with Crippen molar-refractivity contribution in [3.63, 3.8) is 0 Å². The van der Waals surface area contributed by atoms with Crippen LogP contribution in [0.4, 0.5) is 15.8 Å². The van der Waals surface area contributed by atoms with Gasteiger partial charge in [0.25, 0.3) is 0 Å². The fourth-order valence-corrected chi connectivity index (χ4v) is 6.18. The lowest BCUT2D eigenvalue weighted by atomic mass is 10.0. The number of halogens is 1. The summed E-state index contributed by atoms with van der Waals surface area (Å²) in [5, 5.41) is 3.52. The zero-order valence-electron chi connectivity index (χ0n) is 22.5. The highest BCUT2D eigenvalue weighted by molar-refractivity contribution is 7.86. The largest absolute Gasteiger partial charge is 0.480 e. The van der Waals surface area contributed by atoms with E-state index < -0.39 is 11.0 Å². The van der Waals surface area contributed by atoms with Crippen LogP contribution in [0, 0.1) is 5.82 Å². The molecule has 2 aromatic heterocycles. The monoisotopic (exact) mass is 554 g/mol. The minimum Gasteiger partial charge on any atom is -0.480 e. The van der Waals surface area contributed by atoms with Crippen LogP contribution in [0.25, 0.3) is 11.1 Å². The molecule has 2 aliphatic heterocycles. The number of hydrogen-bond acceptors (Lipinski definition) is 8. The Morgan fingerprint density at radius 1 is 1.13 bits per heavy atom. The van der Waals surface area contributed by atoms with Crippen LogP contribution >= 0.6 is 0 Å². The van der Waals surface area contributed by atoms with Crippen molar-refractivity contribution in [2.24, 2.45) is 0 Å². The van der Waals surface area contributed by atoms with Crippen LogP contribution in [0.1, 0.15) is 19.4 Å². The molecule has 3 unspecified atom stereocenters. The molecule has 2 aliphatic rings. The zero-order valence-corrected chi connectivity index (χ0v) is 23.3. The Labute approximate surface area is 231 Å². The number of aromatic nitrogens is 2. The van der Waals surface area contributed by atoms with E-state index in [9.17, 15) is 4.21 Å². The summed E-state index contributed by atoms with van der Waals surface area (Å²) < 4.78 is 42.4. The molecule has 39 heavy (non-hydrogen) atoms. The SMILES string of the molecule is COc1ncc(N2CCOCC2)cc1S(=O)Nc1cncc(-c2ccc(CN3CC(C)NC(C)C3)cc2F)c1. The third-order valence-corrected chi connectivity index (χ3v) is 8.02. The topological polar surface area (TPSA) is 91.9 Å². The van der Waals surface area contributed by atoms with Crippen molar-refractivity contribution >= 4 is 22.4 Å². The molecule has 11 heteroatoms. The number of benzene rings is 1. The van der Waals surface area contributed by atoms with E-state index in [4.69, 9.17) is 9.47 Å².